The van der Waals surface area contributed by atoms with Crippen LogP contribution in [0, 0.1) is 5.92 Å². The molecule has 74 valence electrons. The SMILES string of the molecule is CC[C@@H](C(N)=O)N1CCC(C)C1=O. The van der Waals surface area contributed by atoms with E-state index in [1.54, 1.807) is 4.90 Å². The molecule has 1 unspecified atom stereocenters. The molecule has 1 rings (SSSR count). The van der Waals surface area contributed by atoms with Crippen molar-refractivity contribution in [2.75, 3.05) is 6.54 Å². The van der Waals surface area contributed by atoms with Crippen molar-refractivity contribution >= 4 is 11.8 Å². The number of carbonyl (C=O) groups excluding carboxylic acids is 2. The van der Waals surface area contributed by atoms with Gasteiger partial charge in [0.2, 0.25) is 11.8 Å². The summed E-state index contributed by atoms with van der Waals surface area (Å²) in [5.74, 6) is -0.288. The summed E-state index contributed by atoms with van der Waals surface area (Å²) in [6.07, 6.45) is 1.44. The monoisotopic (exact) mass is 184 g/mol. The molecule has 4 heteroatoms. The number of amides is 2. The Balaban J connectivity index is 2.71. The number of carbonyl (C=O) groups is 2. The maximum absolute atomic E-state index is 11.5. The molecule has 0 spiro atoms. The highest BCUT2D eigenvalue weighted by Crippen LogP contribution is 2.20. The van der Waals surface area contributed by atoms with Crippen molar-refractivity contribution < 1.29 is 9.59 Å². The standard InChI is InChI=1S/C9H16N2O2/c1-3-7(8(10)12)11-5-4-6(2)9(11)13/h6-7H,3-5H2,1-2H3,(H2,10,12)/t6?,7-/m0/s1. The molecule has 0 saturated carbocycles. The third-order valence-corrected chi connectivity index (χ3v) is 2.60. The maximum Gasteiger partial charge on any atom is 0.240 e. The minimum atomic E-state index is -0.405. The average molecular weight is 184 g/mol. The van der Waals surface area contributed by atoms with E-state index in [2.05, 4.69) is 0 Å². The number of primary amides is 1. The van der Waals surface area contributed by atoms with Crippen LogP contribution in [0.3, 0.4) is 0 Å². The van der Waals surface area contributed by atoms with Gasteiger partial charge in [-0.1, -0.05) is 13.8 Å². The van der Waals surface area contributed by atoms with Crippen LogP contribution >= 0.6 is 0 Å². The van der Waals surface area contributed by atoms with Gasteiger partial charge in [0.05, 0.1) is 0 Å². The van der Waals surface area contributed by atoms with Crippen molar-refractivity contribution in [3.05, 3.63) is 0 Å². The van der Waals surface area contributed by atoms with Crippen molar-refractivity contribution in [1.82, 2.24) is 4.90 Å². The van der Waals surface area contributed by atoms with Gasteiger partial charge in [0.1, 0.15) is 6.04 Å². The van der Waals surface area contributed by atoms with Gasteiger partial charge >= 0.3 is 0 Å². The number of hydrogen-bond donors (Lipinski definition) is 1. The first kappa shape index (κ1) is 10.0. The molecule has 4 nitrogen and oxygen atoms in total. The van der Waals surface area contributed by atoms with E-state index in [4.69, 9.17) is 5.73 Å². The van der Waals surface area contributed by atoms with Crippen LogP contribution in [0.5, 0.6) is 0 Å². The smallest absolute Gasteiger partial charge is 0.240 e. The molecule has 13 heavy (non-hydrogen) atoms. The molecular formula is C9H16N2O2. The van der Waals surface area contributed by atoms with E-state index in [9.17, 15) is 9.59 Å². The minimum Gasteiger partial charge on any atom is -0.368 e. The first-order valence-corrected chi connectivity index (χ1v) is 4.67. The molecule has 2 atom stereocenters. The van der Waals surface area contributed by atoms with Crippen LogP contribution in [0.4, 0.5) is 0 Å². The summed E-state index contributed by atoms with van der Waals surface area (Å²) >= 11 is 0. The Bertz CT molecular complexity index is 228. The van der Waals surface area contributed by atoms with Gasteiger partial charge in [-0.25, -0.2) is 0 Å². The number of hydrogen-bond acceptors (Lipinski definition) is 2. The van der Waals surface area contributed by atoms with E-state index >= 15 is 0 Å². The summed E-state index contributed by atoms with van der Waals surface area (Å²) < 4.78 is 0. The molecule has 1 aliphatic rings. The highest BCUT2D eigenvalue weighted by molar-refractivity contribution is 5.88. The van der Waals surface area contributed by atoms with Crippen molar-refractivity contribution in [2.24, 2.45) is 11.7 Å². The summed E-state index contributed by atoms with van der Waals surface area (Å²) in [6.45, 7) is 4.42. The third kappa shape index (κ3) is 1.82. The molecule has 0 bridgehead atoms. The Hall–Kier alpha value is -1.06. The highest BCUT2D eigenvalue weighted by Gasteiger charge is 2.34. The van der Waals surface area contributed by atoms with Crippen molar-refractivity contribution in [1.29, 1.82) is 0 Å². The largest absolute Gasteiger partial charge is 0.368 e. The fourth-order valence-corrected chi connectivity index (χ4v) is 1.73. The second-order valence-corrected chi connectivity index (χ2v) is 3.55. The zero-order valence-corrected chi connectivity index (χ0v) is 8.12. The molecule has 1 heterocycles. The molecule has 0 aromatic rings. The van der Waals surface area contributed by atoms with Crippen LogP contribution in [0.2, 0.25) is 0 Å². The predicted molar refractivity (Wildman–Crippen MR) is 48.8 cm³/mol. The van der Waals surface area contributed by atoms with Gasteiger partial charge in [0, 0.05) is 12.5 Å². The van der Waals surface area contributed by atoms with E-state index in [1.807, 2.05) is 13.8 Å². The summed E-state index contributed by atoms with van der Waals surface area (Å²) in [4.78, 5) is 24.1. The molecule has 0 aliphatic carbocycles. The van der Waals surface area contributed by atoms with E-state index in [1.165, 1.54) is 0 Å². The third-order valence-electron chi connectivity index (χ3n) is 2.60. The van der Waals surface area contributed by atoms with Gasteiger partial charge in [-0.05, 0) is 12.8 Å². The first-order chi connectivity index (χ1) is 6.07. The lowest BCUT2D eigenvalue weighted by atomic mass is 10.1. The summed E-state index contributed by atoms with van der Waals surface area (Å²) in [5.41, 5.74) is 5.20. The summed E-state index contributed by atoms with van der Waals surface area (Å²) in [6, 6.07) is -0.405. The Morgan fingerprint density at radius 3 is 2.69 bits per heavy atom. The summed E-state index contributed by atoms with van der Waals surface area (Å²) in [7, 11) is 0. The lowest BCUT2D eigenvalue weighted by Crippen LogP contribution is -2.45. The van der Waals surface area contributed by atoms with Crippen LogP contribution < -0.4 is 5.73 Å². The number of nitrogens with zero attached hydrogens (tertiary/aromatic N) is 1. The second-order valence-electron chi connectivity index (χ2n) is 3.55. The lowest BCUT2D eigenvalue weighted by molar-refractivity contribution is -0.138. The summed E-state index contributed by atoms with van der Waals surface area (Å²) in [5, 5.41) is 0. The van der Waals surface area contributed by atoms with Crippen molar-refractivity contribution in [2.45, 2.75) is 32.7 Å². The fraction of sp³-hybridized carbons (Fsp3) is 0.778. The van der Waals surface area contributed by atoms with E-state index in [-0.39, 0.29) is 11.8 Å². The van der Waals surface area contributed by atoms with Crippen molar-refractivity contribution in [3.8, 4) is 0 Å². The van der Waals surface area contributed by atoms with E-state index in [0.717, 1.165) is 6.42 Å². The quantitative estimate of drug-likeness (QED) is 0.677. The predicted octanol–water partition coefficient (Wildman–Crippen LogP) is 0.119. The minimum absolute atomic E-state index is 0.0494. The molecule has 2 N–H and O–H groups in total. The second kappa shape index (κ2) is 3.77. The van der Waals surface area contributed by atoms with Crippen LogP contribution in [-0.4, -0.2) is 29.3 Å². The molecule has 1 fully saturated rings. The van der Waals surface area contributed by atoms with Crippen molar-refractivity contribution in [3.63, 3.8) is 0 Å². The molecule has 2 amide bonds. The molecule has 1 aliphatic heterocycles. The Morgan fingerprint density at radius 1 is 1.77 bits per heavy atom. The van der Waals surface area contributed by atoms with E-state index < -0.39 is 11.9 Å². The van der Waals surface area contributed by atoms with Crippen LogP contribution in [0.1, 0.15) is 26.7 Å². The molecule has 0 radical (unpaired) electrons. The molecule has 1 saturated heterocycles. The van der Waals surface area contributed by atoms with Gasteiger partial charge in [-0.15, -0.1) is 0 Å². The average Bonchev–Trinajstić information content (AvgIpc) is 2.37. The van der Waals surface area contributed by atoms with Gasteiger partial charge in [0.15, 0.2) is 0 Å². The maximum atomic E-state index is 11.5. The van der Waals surface area contributed by atoms with Crippen LogP contribution in [0.15, 0.2) is 0 Å². The lowest BCUT2D eigenvalue weighted by Gasteiger charge is -2.23. The van der Waals surface area contributed by atoms with E-state index in [0.29, 0.717) is 13.0 Å². The molecule has 0 aromatic heterocycles. The Labute approximate surface area is 78.1 Å². The van der Waals surface area contributed by atoms with Crippen LogP contribution in [0.25, 0.3) is 0 Å². The normalized spacial score (nSPS) is 24.9. The van der Waals surface area contributed by atoms with Crippen LogP contribution in [-0.2, 0) is 9.59 Å². The molecular weight excluding hydrogens is 168 g/mol. The molecule has 0 aromatic carbocycles. The number of likely N-dealkylation sites (tertiary alicyclic amines) is 1. The number of nitrogens with two attached hydrogens (primary N) is 1. The van der Waals surface area contributed by atoms with Gasteiger partial charge in [0.25, 0.3) is 0 Å². The first-order valence-electron chi connectivity index (χ1n) is 4.67. The fourth-order valence-electron chi connectivity index (χ4n) is 1.73. The van der Waals surface area contributed by atoms with Gasteiger partial charge < -0.3 is 10.6 Å². The van der Waals surface area contributed by atoms with Gasteiger partial charge in [-0.3, -0.25) is 9.59 Å². The topological polar surface area (TPSA) is 63.4 Å². The Morgan fingerprint density at radius 2 is 2.38 bits per heavy atom. The zero-order chi connectivity index (χ0) is 10.0. The highest BCUT2D eigenvalue weighted by atomic mass is 16.2. The number of rotatable bonds is 3. The Kier molecular flexibility index (Phi) is 2.90. The zero-order valence-electron chi connectivity index (χ0n) is 8.12. The van der Waals surface area contributed by atoms with Gasteiger partial charge in [-0.2, -0.15) is 0 Å².